The van der Waals surface area contributed by atoms with Crippen molar-refractivity contribution in [1.82, 2.24) is 14.3 Å². The van der Waals surface area contributed by atoms with Gasteiger partial charge in [0.25, 0.3) is 0 Å². The summed E-state index contributed by atoms with van der Waals surface area (Å²) in [6.45, 7) is 0. The molecule has 0 aromatic carbocycles. The first-order chi connectivity index (χ1) is 10.1. The molecule has 1 aliphatic carbocycles. The Morgan fingerprint density at radius 1 is 1.33 bits per heavy atom. The van der Waals surface area contributed by atoms with Crippen molar-refractivity contribution in [3.8, 4) is 0 Å². The summed E-state index contributed by atoms with van der Waals surface area (Å²) in [5.41, 5.74) is 0.616. The third-order valence-corrected chi connectivity index (χ3v) is 5.56. The SMILES string of the molecule is CN(C)C1(C(=O)Cc2cn3ccsc3n2)CCCCCC1. The number of rotatable bonds is 4. The van der Waals surface area contributed by atoms with Gasteiger partial charge in [0, 0.05) is 17.8 Å². The average molecular weight is 305 g/mol. The van der Waals surface area contributed by atoms with Crippen LogP contribution in [0.15, 0.2) is 17.8 Å². The van der Waals surface area contributed by atoms with Gasteiger partial charge in [-0.05, 0) is 26.9 Å². The highest BCUT2D eigenvalue weighted by Gasteiger charge is 2.40. The van der Waals surface area contributed by atoms with E-state index in [1.807, 2.05) is 22.2 Å². The third kappa shape index (κ3) is 2.77. The number of likely N-dealkylation sites (N-methyl/N-ethyl adjacent to an activating group) is 1. The van der Waals surface area contributed by atoms with E-state index < -0.39 is 0 Å². The quantitative estimate of drug-likeness (QED) is 0.814. The molecule has 2 aromatic heterocycles. The highest BCUT2D eigenvalue weighted by atomic mass is 32.1. The summed E-state index contributed by atoms with van der Waals surface area (Å²) in [7, 11) is 4.10. The maximum absolute atomic E-state index is 13.0. The molecule has 21 heavy (non-hydrogen) atoms. The molecule has 2 aromatic rings. The van der Waals surface area contributed by atoms with Crippen LogP contribution in [0.3, 0.4) is 0 Å². The van der Waals surface area contributed by atoms with E-state index in [2.05, 4.69) is 24.0 Å². The predicted molar refractivity (Wildman–Crippen MR) is 85.9 cm³/mol. The minimum atomic E-state index is -0.284. The van der Waals surface area contributed by atoms with E-state index in [0.29, 0.717) is 12.2 Å². The van der Waals surface area contributed by atoms with Gasteiger partial charge in [-0.25, -0.2) is 4.98 Å². The van der Waals surface area contributed by atoms with Crippen LogP contribution in [0.1, 0.15) is 44.2 Å². The second-order valence-corrected chi connectivity index (χ2v) is 7.14. The number of hydrogen-bond donors (Lipinski definition) is 0. The zero-order chi connectivity index (χ0) is 14.9. The van der Waals surface area contributed by atoms with E-state index >= 15 is 0 Å². The van der Waals surface area contributed by atoms with Crippen LogP contribution in [-0.2, 0) is 11.2 Å². The topological polar surface area (TPSA) is 37.6 Å². The predicted octanol–water partition coefficient (Wildman–Crippen LogP) is 3.16. The number of fused-ring (bicyclic) bond motifs is 1. The summed E-state index contributed by atoms with van der Waals surface area (Å²) in [5.74, 6) is 0.333. The van der Waals surface area contributed by atoms with Gasteiger partial charge in [-0.1, -0.05) is 25.7 Å². The summed E-state index contributed by atoms with van der Waals surface area (Å²) in [5, 5.41) is 2.01. The first-order valence-electron chi connectivity index (χ1n) is 7.74. The first kappa shape index (κ1) is 14.7. The van der Waals surface area contributed by atoms with Crippen LogP contribution in [0, 0.1) is 0 Å². The molecule has 0 radical (unpaired) electrons. The van der Waals surface area contributed by atoms with Crippen molar-refractivity contribution in [1.29, 1.82) is 0 Å². The zero-order valence-electron chi connectivity index (χ0n) is 12.8. The Morgan fingerprint density at radius 2 is 2.05 bits per heavy atom. The number of ketones is 1. The Kier molecular flexibility index (Phi) is 4.13. The fourth-order valence-electron chi connectivity index (χ4n) is 3.48. The van der Waals surface area contributed by atoms with Gasteiger partial charge >= 0.3 is 0 Å². The fourth-order valence-corrected chi connectivity index (χ4v) is 4.20. The van der Waals surface area contributed by atoms with Gasteiger partial charge in [-0.15, -0.1) is 11.3 Å². The number of carbonyl (C=O) groups is 1. The van der Waals surface area contributed by atoms with Crippen LogP contribution in [0.25, 0.3) is 4.96 Å². The van der Waals surface area contributed by atoms with Crippen molar-refractivity contribution in [2.45, 2.75) is 50.5 Å². The lowest BCUT2D eigenvalue weighted by Gasteiger charge is -2.38. The molecule has 0 aliphatic heterocycles. The molecule has 1 aliphatic rings. The van der Waals surface area contributed by atoms with E-state index in [1.165, 1.54) is 12.8 Å². The van der Waals surface area contributed by atoms with Crippen molar-refractivity contribution in [3.05, 3.63) is 23.5 Å². The van der Waals surface area contributed by atoms with Gasteiger partial charge in [0.2, 0.25) is 0 Å². The number of thiazole rings is 1. The van der Waals surface area contributed by atoms with Crippen LogP contribution in [0.5, 0.6) is 0 Å². The van der Waals surface area contributed by atoms with Crippen molar-refractivity contribution >= 4 is 22.1 Å². The van der Waals surface area contributed by atoms with Crippen LogP contribution in [0.2, 0.25) is 0 Å². The molecule has 0 atom stereocenters. The number of nitrogens with zero attached hydrogens (tertiary/aromatic N) is 3. The molecule has 2 heterocycles. The molecule has 3 rings (SSSR count). The van der Waals surface area contributed by atoms with E-state index in [1.54, 1.807) is 11.3 Å². The van der Waals surface area contributed by atoms with Crippen molar-refractivity contribution in [2.75, 3.05) is 14.1 Å². The van der Waals surface area contributed by atoms with E-state index in [-0.39, 0.29) is 5.54 Å². The van der Waals surface area contributed by atoms with Gasteiger partial charge in [0.1, 0.15) is 0 Å². The highest BCUT2D eigenvalue weighted by Crippen LogP contribution is 2.33. The van der Waals surface area contributed by atoms with Crippen LogP contribution < -0.4 is 0 Å². The normalized spacial score (nSPS) is 19.0. The molecule has 1 fully saturated rings. The van der Waals surface area contributed by atoms with Gasteiger partial charge in [-0.3, -0.25) is 14.1 Å². The lowest BCUT2D eigenvalue weighted by atomic mass is 9.82. The van der Waals surface area contributed by atoms with Crippen molar-refractivity contribution in [2.24, 2.45) is 0 Å². The molecule has 114 valence electrons. The highest BCUT2D eigenvalue weighted by molar-refractivity contribution is 7.15. The number of imidazole rings is 1. The Bertz CT molecular complexity index is 592. The minimum Gasteiger partial charge on any atom is -0.297 e. The summed E-state index contributed by atoms with van der Waals surface area (Å²) in [6, 6.07) is 0. The zero-order valence-corrected chi connectivity index (χ0v) is 13.7. The van der Waals surface area contributed by atoms with Gasteiger partial charge in [0.15, 0.2) is 10.7 Å². The molecule has 1 saturated carbocycles. The monoisotopic (exact) mass is 305 g/mol. The standard InChI is InChI=1S/C16H23N3OS/c1-18(2)16(7-5-3-4-6-8-16)14(20)11-13-12-19-9-10-21-15(19)17-13/h9-10,12H,3-8,11H2,1-2H3. The van der Waals surface area contributed by atoms with E-state index in [9.17, 15) is 4.79 Å². The first-order valence-corrected chi connectivity index (χ1v) is 8.62. The second-order valence-electron chi connectivity index (χ2n) is 6.27. The molecule has 4 nitrogen and oxygen atoms in total. The third-order valence-electron chi connectivity index (χ3n) is 4.79. The molecular weight excluding hydrogens is 282 g/mol. The molecule has 0 N–H and O–H groups in total. The smallest absolute Gasteiger partial charge is 0.193 e. The van der Waals surface area contributed by atoms with Crippen LogP contribution in [-0.4, -0.2) is 39.7 Å². The minimum absolute atomic E-state index is 0.284. The maximum Gasteiger partial charge on any atom is 0.193 e. The lowest BCUT2D eigenvalue weighted by molar-refractivity contribution is -0.130. The number of aromatic nitrogens is 2. The van der Waals surface area contributed by atoms with Crippen LogP contribution >= 0.6 is 11.3 Å². The van der Waals surface area contributed by atoms with Gasteiger partial charge in [0.05, 0.1) is 17.7 Å². The molecule has 0 spiro atoms. The van der Waals surface area contributed by atoms with Crippen LogP contribution in [0.4, 0.5) is 0 Å². The molecule has 0 amide bonds. The molecule has 5 heteroatoms. The fraction of sp³-hybridized carbons (Fsp3) is 0.625. The largest absolute Gasteiger partial charge is 0.297 e. The van der Waals surface area contributed by atoms with Crippen molar-refractivity contribution in [3.63, 3.8) is 0 Å². The van der Waals surface area contributed by atoms with E-state index in [4.69, 9.17) is 0 Å². The lowest BCUT2D eigenvalue weighted by Crippen LogP contribution is -2.51. The second kappa shape index (κ2) is 5.89. The maximum atomic E-state index is 13.0. The molecule has 0 bridgehead atoms. The summed E-state index contributed by atoms with van der Waals surface area (Å²) < 4.78 is 2.00. The van der Waals surface area contributed by atoms with E-state index in [0.717, 1.165) is 36.3 Å². The summed E-state index contributed by atoms with van der Waals surface area (Å²) in [4.78, 5) is 20.7. The number of hydrogen-bond acceptors (Lipinski definition) is 4. The van der Waals surface area contributed by atoms with Gasteiger partial charge < -0.3 is 0 Å². The average Bonchev–Trinajstić information content (AvgIpc) is 2.91. The molecular formula is C16H23N3OS. The Morgan fingerprint density at radius 3 is 2.67 bits per heavy atom. The number of Topliss-reactive ketones (excluding diaryl/α,β-unsaturated/α-hetero) is 1. The Balaban J connectivity index is 1.81. The van der Waals surface area contributed by atoms with Gasteiger partial charge in [-0.2, -0.15) is 0 Å². The molecule has 0 unspecified atom stereocenters. The Hall–Kier alpha value is -1.20. The van der Waals surface area contributed by atoms with Crippen molar-refractivity contribution < 1.29 is 4.79 Å². The number of carbonyl (C=O) groups excluding carboxylic acids is 1. The summed E-state index contributed by atoms with van der Waals surface area (Å²) >= 11 is 1.61. The molecule has 0 saturated heterocycles. The Labute approximate surface area is 129 Å². The summed E-state index contributed by atoms with van der Waals surface area (Å²) in [6.07, 6.45) is 11.2.